The number of benzene rings is 1. The van der Waals surface area contributed by atoms with Crippen LogP contribution in [0.4, 0.5) is 0 Å². The normalized spacial score (nSPS) is 27.2. The number of amides is 1. The number of likely N-dealkylation sites (tertiary alicyclic amines) is 1. The van der Waals surface area contributed by atoms with Crippen LogP contribution in [0.25, 0.3) is 11.0 Å². The first-order chi connectivity index (χ1) is 13.4. The van der Waals surface area contributed by atoms with Gasteiger partial charge in [-0.3, -0.25) is 4.79 Å². The lowest BCUT2D eigenvalue weighted by Gasteiger charge is -2.39. The maximum Gasteiger partial charge on any atom is 0.245 e. The van der Waals surface area contributed by atoms with E-state index in [0.29, 0.717) is 30.3 Å². The molecule has 2 aliphatic heterocycles. The number of aromatic nitrogens is 2. The summed E-state index contributed by atoms with van der Waals surface area (Å²) in [6, 6.07) is 4.80. The average Bonchev–Trinajstić information content (AvgIpc) is 3.15. The number of carbonyl (C=O) groups is 1. The molecule has 1 aromatic carbocycles. The highest BCUT2D eigenvalue weighted by Crippen LogP contribution is 2.29. The molecule has 0 unspecified atom stereocenters. The molecule has 0 radical (unpaired) electrons. The summed E-state index contributed by atoms with van der Waals surface area (Å²) < 4.78 is 32.6. The van der Waals surface area contributed by atoms with Crippen molar-refractivity contribution < 1.29 is 17.8 Å². The van der Waals surface area contributed by atoms with Crippen molar-refractivity contribution in [1.29, 1.82) is 0 Å². The Labute approximate surface area is 164 Å². The van der Waals surface area contributed by atoms with Crippen LogP contribution in [0.15, 0.2) is 27.7 Å². The van der Waals surface area contributed by atoms with E-state index in [-0.39, 0.29) is 28.8 Å². The summed E-state index contributed by atoms with van der Waals surface area (Å²) in [7, 11) is -3.78. The standard InChI is InChI=1S/C19H26N4O4S/c1-13-9-14(2)11-22(10-13)19(24)15-5-4-8-23(12-15)28(25,26)17-7-3-6-16-18(17)21-27-20-16/h3,6-7,13-15H,4-5,8-12H2,1-2H3/t13-,14-,15+/m1/s1. The Morgan fingerprint density at radius 2 is 1.89 bits per heavy atom. The fraction of sp³-hybridized carbons (Fsp3) is 0.632. The zero-order chi connectivity index (χ0) is 19.9. The van der Waals surface area contributed by atoms with E-state index in [0.717, 1.165) is 25.9 Å². The number of hydrogen-bond donors (Lipinski definition) is 0. The molecule has 3 heterocycles. The molecule has 0 N–H and O–H groups in total. The Bertz CT molecular complexity index is 963. The van der Waals surface area contributed by atoms with E-state index in [4.69, 9.17) is 4.63 Å². The second-order valence-electron chi connectivity index (χ2n) is 8.28. The molecular weight excluding hydrogens is 380 g/mol. The van der Waals surface area contributed by atoms with Gasteiger partial charge in [-0.1, -0.05) is 19.9 Å². The lowest BCUT2D eigenvalue weighted by molar-refractivity contribution is -0.139. The SMILES string of the molecule is C[C@@H]1C[C@@H](C)CN(C(=O)[C@H]2CCCN(S(=O)(=O)c3cccc4nonc34)C2)C1. The van der Waals surface area contributed by atoms with E-state index in [1.165, 1.54) is 10.4 Å². The van der Waals surface area contributed by atoms with Crippen molar-refractivity contribution in [2.45, 2.75) is 38.0 Å². The van der Waals surface area contributed by atoms with E-state index < -0.39 is 10.0 Å². The van der Waals surface area contributed by atoms with Crippen LogP contribution in [0.3, 0.4) is 0 Å². The summed E-state index contributed by atoms with van der Waals surface area (Å²) >= 11 is 0. The lowest BCUT2D eigenvalue weighted by Crippen LogP contribution is -2.50. The van der Waals surface area contributed by atoms with Crippen LogP contribution in [-0.2, 0) is 14.8 Å². The summed E-state index contributed by atoms with van der Waals surface area (Å²) in [5, 5.41) is 7.48. The number of sulfonamides is 1. The van der Waals surface area contributed by atoms with Crippen LogP contribution >= 0.6 is 0 Å². The monoisotopic (exact) mass is 406 g/mol. The van der Waals surface area contributed by atoms with Crippen LogP contribution in [0.1, 0.15) is 33.1 Å². The van der Waals surface area contributed by atoms with Crippen molar-refractivity contribution in [2.24, 2.45) is 17.8 Å². The van der Waals surface area contributed by atoms with Crippen LogP contribution in [0, 0.1) is 17.8 Å². The Hall–Kier alpha value is -2.00. The second-order valence-corrected chi connectivity index (χ2v) is 10.2. The summed E-state index contributed by atoms with van der Waals surface area (Å²) in [4.78, 5) is 15.1. The average molecular weight is 407 g/mol. The molecule has 0 spiro atoms. The zero-order valence-electron chi connectivity index (χ0n) is 16.2. The van der Waals surface area contributed by atoms with Gasteiger partial charge in [0.25, 0.3) is 0 Å². The summed E-state index contributed by atoms with van der Waals surface area (Å²) in [5.41, 5.74) is 0.636. The van der Waals surface area contributed by atoms with Crippen molar-refractivity contribution >= 4 is 27.0 Å². The Morgan fingerprint density at radius 1 is 1.14 bits per heavy atom. The highest BCUT2D eigenvalue weighted by molar-refractivity contribution is 7.89. The van der Waals surface area contributed by atoms with E-state index in [1.807, 2.05) is 4.90 Å². The molecule has 2 aliphatic rings. The molecule has 8 nitrogen and oxygen atoms in total. The van der Waals surface area contributed by atoms with Gasteiger partial charge in [0.15, 0.2) is 5.52 Å². The maximum atomic E-state index is 13.2. The van der Waals surface area contributed by atoms with Gasteiger partial charge in [-0.15, -0.1) is 0 Å². The fourth-order valence-corrected chi connectivity index (χ4v) is 6.25. The van der Waals surface area contributed by atoms with E-state index in [9.17, 15) is 13.2 Å². The number of nitrogens with zero attached hydrogens (tertiary/aromatic N) is 4. The first kappa shape index (κ1) is 19.3. The molecule has 9 heteroatoms. The number of hydrogen-bond acceptors (Lipinski definition) is 6. The molecule has 4 rings (SSSR count). The molecule has 2 saturated heterocycles. The molecule has 2 fully saturated rings. The number of piperidine rings is 2. The van der Waals surface area contributed by atoms with Gasteiger partial charge in [0.05, 0.1) is 5.92 Å². The number of carbonyl (C=O) groups excluding carboxylic acids is 1. The molecule has 152 valence electrons. The highest BCUT2D eigenvalue weighted by atomic mass is 32.2. The summed E-state index contributed by atoms with van der Waals surface area (Å²) in [6.45, 7) is 6.47. The number of fused-ring (bicyclic) bond motifs is 1. The molecule has 0 bridgehead atoms. The van der Waals surface area contributed by atoms with Gasteiger partial charge in [-0.2, -0.15) is 4.31 Å². The number of rotatable bonds is 3. The topological polar surface area (TPSA) is 96.6 Å². The lowest BCUT2D eigenvalue weighted by atomic mass is 9.90. The minimum Gasteiger partial charge on any atom is -0.342 e. The molecular formula is C19H26N4O4S. The highest BCUT2D eigenvalue weighted by Gasteiger charge is 2.37. The Kier molecular flexibility index (Phi) is 5.13. The van der Waals surface area contributed by atoms with E-state index >= 15 is 0 Å². The fourth-order valence-electron chi connectivity index (χ4n) is 4.59. The minimum atomic E-state index is -3.78. The predicted molar refractivity (Wildman–Crippen MR) is 103 cm³/mol. The summed E-state index contributed by atoms with van der Waals surface area (Å²) in [6.07, 6.45) is 2.52. The quantitative estimate of drug-likeness (QED) is 0.775. The first-order valence-corrected chi connectivity index (χ1v) is 11.3. The van der Waals surface area contributed by atoms with Crippen LogP contribution in [-0.4, -0.2) is 60.0 Å². The smallest absolute Gasteiger partial charge is 0.245 e. The first-order valence-electron chi connectivity index (χ1n) is 9.86. The summed E-state index contributed by atoms with van der Waals surface area (Å²) in [5.74, 6) is 0.747. The van der Waals surface area contributed by atoms with Gasteiger partial charge in [0.2, 0.25) is 15.9 Å². The van der Waals surface area contributed by atoms with Crippen LogP contribution in [0.2, 0.25) is 0 Å². The molecule has 2 aromatic rings. The van der Waals surface area contributed by atoms with E-state index in [1.54, 1.807) is 12.1 Å². The second kappa shape index (κ2) is 7.44. The largest absolute Gasteiger partial charge is 0.342 e. The molecule has 0 saturated carbocycles. The van der Waals surface area contributed by atoms with Gasteiger partial charge in [-0.25, -0.2) is 13.0 Å². The van der Waals surface area contributed by atoms with Crippen LogP contribution in [0.5, 0.6) is 0 Å². The molecule has 3 atom stereocenters. The zero-order valence-corrected chi connectivity index (χ0v) is 17.1. The van der Waals surface area contributed by atoms with E-state index in [2.05, 4.69) is 24.2 Å². The molecule has 1 aromatic heterocycles. The third-order valence-electron chi connectivity index (χ3n) is 5.78. The van der Waals surface area contributed by atoms with Crippen molar-refractivity contribution in [1.82, 2.24) is 19.5 Å². The van der Waals surface area contributed by atoms with Gasteiger partial charge >= 0.3 is 0 Å². The molecule has 0 aliphatic carbocycles. The van der Waals surface area contributed by atoms with Crippen molar-refractivity contribution in [3.8, 4) is 0 Å². The molecule has 28 heavy (non-hydrogen) atoms. The maximum absolute atomic E-state index is 13.2. The van der Waals surface area contributed by atoms with Gasteiger partial charge < -0.3 is 4.90 Å². The van der Waals surface area contributed by atoms with Gasteiger partial charge in [0, 0.05) is 26.2 Å². The molecule has 1 amide bonds. The Morgan fingerprint density at radius 3 is 2.64 bits per heavy atom. The van der Waals surface area contributed by atoms with Crippen molar-refractivity contribution in [3.05, 3.63) is 18.2 Å². The van der Waals surface area contributed by atoms with Crippen molar-refractivity contribution in [2.75, 3.05) is 26.2 Å². The predicted octanol–water partition coefficient (Wildman–Crippen LogP) is 2.13. The van der Waals surface area contributed by atoms with Crippen molar-refractivity contribution in [3.63, 3.8) is 0 Å². The Balaban J connectivity index is 1.55. The third-order valence-corrected chi connectivity index (χ3v) is 7.68. The van der Waals surface area contributed by atoms with Gasteiger partial charge in [0.1, 0.15) is 10.4 Å². The van der Waals surface area contributed by atoms with Crippen LogP contribution < -0.4 is 0 Å². The third kappa shape index (κ3) is 3.53. The minimum absolute atomic E-state index is 0.0829. The van der Waals surface area contributed by atoms with Gasteiger partial charge in [-0.05, 0) is 53.5 Å².